The summed E-state index contributed by atoms with van der Waals surface area (Å²) in [5.41, 5.74) is -0.0328. The van der Waals surface area contributed by atoms with Crippen molar-refractivity contribution in [3.05, 3.63) is 36.3 Å². The minimum absolute atomic E-state index is 0.0328. The fraction of sp³-hybridized carbons (Fsp3) is 0.533. The Kier molecular flexibility index (Phi) is 5.19. The normalized spacial score (nSPS) is 12.5. The van der Waals surface area contributed by atoms with Gasteiger partial charge in [0.25, 0.3) is 0 Å². The van der Waals surface area contributed by atoms with Gasteiger partial charge in [-0.1, -0.05) is 20.8 Å². The van der Waals surface area contributed by atoms with Gasteiger partial charge in [0.05, 0.1) is 19.3 Å². The number of nitrogens with one attached hydrogen (secondary N) is 2. The van der Waals surface area contributed by atoms with Gasteiger partial charge >= 0.3 is 0 Å². The van der Waals surface area contributed by atoms with Gasteiger partial charge in [-0.15, -0.1) is 0 Å². The fourth-order valence-electron chi connectivity index (χ4n) is 1.84. The van der Waals surface area contributed by atoms with Crippen LogP contribution in [0.3, 0.4) is 0 Å². The van der Waals surface area contributed by atoms with E-state index in [1.165, 1.54) is 0 Å². The van der Waals surface area contributed by atoms with E-state index in [4.69, 9.17) is 4.42 Å². The highest BCUT2D eigenvalue weighted by Crippen LogP contribution is 2.22. The van der Waals surface area contributed by atoms with Crippen LogP contribution >= 0.6 is 0 Å². The minimum atomic E-state index is -0.0328. The van der Waals surface area contributed by atoms with Crippen LogP contribution in [0.2, 0.25) is 0 Å². The molecule has 0 aliphatic heterocycles. The second-order valence-corrected chi connectivity index (χ2v) is 5.99. The lowest BCUT2D eigenvalue weighted by Gasteiger charge is -2.13. The summed E-state index contributed by atoms with van der Waals surface area (Å²) in [7, 11) is 1.74. The molecule has 0 saturated heterocycles. The Labute approximate surface area is 130 Å². The zero-order valence-corrected chi connectivity index (χ0v) is 13.6. The lowest BCUT2D eigenvalue weighted by molar-refractivity contribution is 0.379. The standard InChI is InChI=1S/C15H24N6O/c1-15(2,3)12-10-18-13(22-12)11-19-14(16-4)17-7-9-21-8-5-6-20-21/h5-6,8,10H,7,9,11H2,1-4H3,(H2,16,17,19). The number of aliphatic imine (C=N–C) groups is 1. The Hall–Kier alpha value is -2.31. The quantitative estimate of drug-likeness (QED) is 0.647. The Morgan fingerprint density at radius 3 is 2.77 bits per heavy atom. The van der Waals surface area contributed by atoms with Gasteiger partial charge in [0, 0.05) is 31.4 Å². The van der Waals surface area contributed by atoms with Gasteiger partial charge in [0.15, 0.2) is 5.96 Å². The molecule has 0 atom stereocenters. The summed E-state index contributed by atoms with van der Waals surface area (Å²) in [6.07, 6.45) is 5.48. The summed E-state index contributed by atoms with van der Waals surface area (Å²) >= 11 is 0. The van der Waals surface area contributed by atoms with Crippen molar-refractivity contribution in [2.45, 2.75) is 39.3 Å². The molecule has 0 unspecified atom stereocenters. The monoisotopic (exact) mass is 304 g/mol. The first kappa shape index (κ1) is 16.1. The third kappa shape index (κ3) is 4.61. The highest BCUT2D eigenvalue weighted by Gasteiger charge is 2.19. The van der Waals surface area contributed by atoms with Crippen LogP contribution in [0.25, 0.3) is 0 Å². The van der Waals surface area contributed by atoms with E-state index in [0.717, 1.165) is 18.8 Å². The zero-order valence-electron chi connectivity index (χ0n) is 13.6. The average Bonchev–Trinajstić information content (AvgIpc) is 3.13. The number of hydrogen-bond donors (Lipinski definition) is 2. The van der Waals surface area contributed by atoms with Gasteiger partial charge in [-0.3, -0.25) is 9.67 Å². The lowest BCUT2D eigenvalue weighted by atomic mass is 9.94. The average molecular weight is 304 g/mol. The first-order valence-electron chi connectivity index (χ1n) is 7.36. The molecule has 0 aliphatic carbocycles. The van der Waals surface area contributed by atoms with Crippen LogP contribution in [0.4, 0.5) is 0 Å². The molecule has 0 bridgehead atoms. The molecule has 0 fully saturated rings. The summed E-state index contributed by atoms with van der Waals surface area (Å²) in [5.74, 6) is 2.24. The zero-order chi connectivity index (χ0) is 16.0. The van der Waals surface area contributed by atoms with E-state index in [2.05, 4.69) is 46.5 Å². The van der Waals surface area contributed by atoms with E-state index in [0.29, 0.717) is 18.4 Å². The van der Waals surface area contributed by atoms with Crippen LogP contribution in [0.15, 0.2) is 34.1 Å². The molecule has 2 aromatic heterocycles. The molecule has 120 valence electrons. The third-order valence-corrected chi connectivity index (χ3v) is 3.12. The molecule has 2 rings (SSSR count). The number of guanidine groups is 1. The van der Waals surface area contributed by atoms with Crippen molar-refractivity contribution in [3.63, 3.8) is 0 Å². The van der Waals surface area contributed by atoms with E-state index < -0.39 is 0 Å². The van der Waals surface area contributed by atoms with E-state index in [1.54, 1.807) is 19.4 Å². The Morgan fingerprint density at radius 2 is 2.18 bits per heavy atom. The van der Waals surface area contributed by atoms with Crippen molar-refractivity contribution in [2.24, 2.45) is 4.99 Å². The summed E-state index contributed by atoms with van der Waals surface area (Å²) < 4.78 is 7.60. The molecular formula is C15H24N6O. The molecule has 2 aromatic rings. The lowest BCUT2D eigenvalue weighted by Crippen LogP contribution is -2.38. The van der Waals surface area contributed by atoms with Gasteiger partial charge in [0.2, 0.25) is 5.89 Å². The predicted molar refractivity (Wildman–Crippen MR) is 85.6 cm³/mol. The van der Waals surface area contributed by atoms with Crippen LogP contribution in [-0.4, -0.2) is 34.3 Å². The highest BCUT2D eigenvalue weighted by molar-refractivity contribution is 5.79. The maximum atomic E-state index is 5.74. The van der Waals surface area contributed by atoms with Gasteiger partial charge < -0.3 is 15.1 Å². The molecule has 0 aliphatic rings. The van der Waals surface area contributed by atoms with Crippen LogP contribution in [0.1, 0.15) is 32.4 Å². The Morgan fingerprint density at radius 1 is 1.36 bits per heavy atom. The number of nitrogens with zero attached hydrogens (tertiary/aromatic N) is 4. The fourth-order valence-corrected chi connectivity index (χ4v) is 1.84. The van der Waals surface area contributed by atoms with Crippen molar-refractivity contribution >= 4 is 5.96 Å². The molecule has 7 heteroatoms. The number of rotatable bonds is 5. The van der Waals surface area contributed by atoms with Crippen LogP contribution in [-0.2, 0) is 18.5 Å². The second kappa shape index (κ2) is 7.11. The molecule has 0 spiro atoms. The molecule has 0 radical (unpaired) electrons. The maximum absolute atomic E-state index is 5.74. The van der Waals surface area contributed by atoms with Crippen LogP contribution in [0, 0.1) is 0 Å². The highest BCUT2D eigenvalue weighted by atomic mass is 16.4. The van der Waals surface area contributed by atoms with Gasteiger partial charge in [0.1, 0.15) is 5.76 Å². The summed E-state index contributed by atoms with van der Waals surface area (Å²) in [4.78, 5) is 8.46. The van der Waals surface area contributed by atoms with E-state index in [-0.39, 0.29) is 5.41 Å². The van der Waals surface area contributed by atoms with Crippen LogP contribution in [0.5, 0.6) is 0 Å². The van der Waals surface area contributed by atoms with Crippen molar-refractivity contribution in [1.29, 1.82) is 0 Å². The Balaban J connectivity index is 1.77. The molecule has 0 amide bonds. The first-order chi connectivity index (χ1) is 10.5. The smallest absolute Gasteiger partial charge is 0.213 e. The van der Waals surface area contributed by atoms with E-state index >= 15 is 0 Å². The van der Waals surface area contributed by atoms with Gasteiger partial charge in [-0.2, -0.15) is 5.10 Å². The topological polar surface area (TPSA) is 80.3 Å². The molecular weight excluding hydrogens is 280 g/mol. The first-order valence-corrected chi connectivity index (χ1v) is 7.36. The molecule has 0 saturated carbocycles. The number of oxazole rings is 1. The SMILES string of the molecule is CN=C(NCCn1cccn1)NCc1ncc(C(C)(C)C)o1. The summed E-state index contributed by atoms with van der Waals surface area (Å²) in [6, 6.07) is 1.91. The van der Waals surface area contributed by atoms with E-state index in [1.807, 2.05) is 16.9 Å². The second-order valence-electron chi connectivity index (χ2n) is 5.99. The summed E-state index contributed by atoms with van der Waals surface area (Å²) in [5, 5.41) is 10.6. The van der Waals surface area contributed by atoms with Crippen molar-refractivity contribution in [3.8, 4) is 0 Å². The molecule has 7 nitrogen and oxygen atoms in total. The molecule has 2 N–H and O–H groups in total. The number of aromatic nitrogens is 3. The van der Waals surface area contributed by atoms with Gasteiger partial charge in [-0.05, 0) is 6.07 Å². The minimum Gasteiger partial charge on any atom is -0.443 e. The molecule has 22 heavy (non-hydrogen) atoms. The third-order valence-electron chi connectivity index (χ3n) is 3.12. The predicted octanol–water partition coefficient (Wildman–Crippen LogP) is 1.53. The van der Waals surface area contributed by atoms with Gasteiger partial charge in [-0.25, -0.2) is 4.98 Å². The molecule has 2 heterocycles. The maximum Gasteiger partial charge on any atom is 0.213 e. The Bertz CT molecular complexity index is 594. The van der Waals surface area contributed by atoms with Crippen molar-refractivity contribution in [2.75, 3.05) is 13.6 Å². The van der Waals surface area contributed by atoms with Crippen LogP contribution < -0.4 is 10.6 Å². The summed E-state index contributed by atoms with van der Waals surface area (Å²) in [6.45, 7) is 8.31. The number of hydrogen-bond acceptors (Lipinski definition) is 4. The molecule has 0 aromatic carbocycles. The largest absolute Gasteiger partial charge is 0.443 e. The van der Waals surface area contributed by atoms with Crippen molar-refractivity contribution in [1.82, 2.24) is 25.4 Å². The van der Waals surface area contributed by atoms with E-state index in [9.17, 15) is 0 Å². The van der Waals surface area contributed by atoms with Crippen molar-refractivity contribution < 1.29 is 4.42 Å².